The Kier molecular flexibility index (Phi) is 4.15. The van der Waals surface area contributed by atoms with E-state index in [-0.39, 0.29) is 0 Å². The second-order valence-corrected chi connectivity index (χ2v) is 4.49. The lowest BCUT2D eigenvalue weighted by atomic mass is 9.92. The first-order chi connectivity index (χ1) is 7.04. The van der Waals surface area contributed by atoms with Crippen LogP contribution in [0.3, 0.4) is 0 Å². The molecule has 1 unspecified atom stereocenters. The fraction of sp³-hybridized carbons (Fsp3) is 0.538. The van der Waals surface area contributed by atoms with Gasteiger partial charge in [-0.1, -0.05) is 26.8 Å². The zero-order valence-corrected chi connectivity index (χ0v) is 9.83. The maximum Gasteiger partial charge on any atom is 0.116 e. The summed E-state index contributed by atoms with van der Waals surface area (Å²) in [5.74, 6) is 1.22. The zero-order chi connectivity index (χ0) is 11.4. The number of hydrogen-bond donors (Lipinski definition) is 2. The lowest BCUT2D eigenvalue weighted by Crippen LogP contribution is -2.05. The van der Waals surface area contributed by atoms with Gasteiger partial charge in [0.05, 0.1) is 0 Å². The number of rotatable bonds is 4. The summed E-state index contributed by atoms with van der Waals surface area (Å²) in [4.78, 5) is 0. The minimum absolute atomic E-state index is 0.361. The Bertz CT molecular complexity index is 320. The predicted molar refractivity (Wildman–Crippen MR) is 64.3 cm³/mol. The zero-order valence-electron chi connectivity index (χ0n) is 9.83. The molecule has 0 aromatic heterocycles. The van der Waals surface area contributed by atoms with Crippen LogP contribution in [0.2, 0.25) is 0 Å². The van der Waals surface area contributed by atoms with Gasteiger partial charge in [0.2, 0.25) is 0 Å². The minimum atomic E-state index is 0.361. The minimum Gasteiger partial charge on any atom is -0.508 e. The molecular formula is C13H21NO. The monoisotopic (exact) mass is 207 g/mol. The van der Waals surface area contributed by atoms with E-state index >= 15 is 0 Å². The van der Waals surface area contributed by atoms with Crippen molar-refractivity contribution in [3.8, 4) is 5.75 Å². The molecular weight excluding hydrogens is 186 g/mol. The molecule has 1 rings (SSSR count). The van der Waals surface area contributed by atoms with Crippen molar-refractivity contribution in [2.24, 2.45) is 5.73 Å². The number of aromatic hydroxyl groups is 1. The SMILES string of the molecule is CC(C)c1cc(O)cc(C(C)CCN)c1. The van der Waals surface area contributed by atoms with Crippen molar-refractivity contribution < 1.29 is 5.11 Å². The van der Waals surface area contributed by atoms with Crippen molar-refractivity contribution >= 4 is 0 Å². The Morgan fingerprint density at radius 1 is 1.13 bits per heavy atom. The third kappa shape index (κ3) is 3.24. The van der Waals surface area contributed by atoms with E-state index in [2.05, 4.69) is 26.8 Å². The van der Waals surface area contributed by atoms with Crippen molar-refractivity contribution in [2.75, 3.05) is 6.54 Å². The third-order valence-electron chi connectivity index (χ3n) is 2.80. The fourth-order valence-corrected chi connectivity index (χ4v) is 1.69. The van der Waals surface area contributed by atoms with Crippen LogP contribution in [0.1, 0.15) is 50.2 Å². The average Bonchev–Trinajstić information content (AvgIpc) is 2.17. The number of hydrogen-bond acceptors (Lipinski definition) is 2. The lowest BCUT2D eigenvalue weighted by molar-refractivity contribution is 0.472. The Labute approximate surface area is 92.1 Å². The number of nitrogens with two attached hydrogens (primary N) is 1. The molecule has 0 amide bonds. The highest BCUT2D eigenvalue weighted by molar-refractivity contribution is 5.36. The molecule has 0 aliphatic rings. The van der Waals surface area contributed by atoms with Gasteiger partial charge in [0.15, 0.2) is 0 Å². The second kappa shape index (κ2) is 5.17. The van der Waals surface area contributed by atoms with Crippen molar-refractivity contribution in [1.82, 2.24) is 0 Å². The second-order valence-electron chi connectivity index (χ2n) is 4.49. The first-order valence-corrected chi connectivity index (χ1v) is 5.58. The van der Waals surface area contributed by atoms with Gasteiger partial charge in [-0.15, -0.1) is 0 Å². The topological polar surface area (TPSA) is 46.2 Å². The van der Waals surface area contributed by atoms with E-state index in [4.69, 9.17) is 5.73 Å². The van der Waals surface area contributed by atoms with E-state index in [9.17, 15) is 5.11 Å². The Morgan fingerprint density at radius 3 is 2.27 bits per heavy atom. The summed E-state index contributed by atoms with van der Waals surface area (Å²) < 4.78 is 0. The van der Waals surface area contributed by atoms with Crippen LogP contribution < -0.4 is 5.73 Å². The van der Waals surface area contributed by atoms with Crippen molar-refractivity contribution in [3.63, 3.8) is 0 Å². The maximum absolute atomic E-state index is 9.63. The molecule has 0 aliphatic heterocycles. The molecule has 0 radical (unpaired) electrons. The molecule has 2 heteroatoms. The summed E-state index contributed by atoms with van der Waals surface area (Å²) >= 11 is 0. The summed E-state index contributed by atoms with van der Waals surface area (Å²) in [5, 5.41) is 9.63. The highest BCUT2D eigenvalue weighted by atomic mass is 16.3. The van der Waals surface area contributed by atoms with Crippen molar-refractivity contribution in [3.05, 3.63) is 29.3 Å². The van der Waals surface area contributed by atoms with E-state index in [1.54, 1.807) is 0 Å². The van der Waals surface area contributed by atoms with Crippen LogP contribution >= 0.6 is 0 Å². The van der Waals surface area contributed by atoms with Crippen LogP contribution in [0.5, 0.6) is 5.75 Å². The number of phenols is 1. The molecule has 1 atom stereocenters. The van der Waals surface area contributed by atoms with Gasteiger partial charge in [-0.05, 0) is 48.1 Å². The fourth-order valence-electron chi connectivity index (χ4n) is 1.69. The van der Waals surface area contributed by atoms with E-state index < -0.39 is 0 Å². The smallest absolute Gasteiger partial charge is 0.116 e. The first-order valence-electron chi connectivity index (χ1n) is 5.58. The van der Waals surface area contributed by atoms with E-state index in [0.29, 0.717) is 24.1 Å². The largest absolute Gasteiger partial charge is 0.508 e. The molecule has 0 aliphatic carbocycles. The van der Waals surface area contributed by atoms with Gasteiger partial charge < -0.3 is 10.8 Å². The van der Waals surface area contributed by atoms with Gasteiger partial charge in [0, 0.05) is 0 Å². The normalized spacial score (nSPS) is 13.1. The molecule has 3 N–H and O–H groups in total. The summed E-state index contributed by atoms with van der Waals surface area (Å²) in [6.45, 7) is 7.10. The van der Waals surface area contributed by atoms with Crippen LogP contribution in [0.25, 0.3) is 0 Å². The predicted octanol–water partition coefficient (Wildman–Crippen LogP) is 2.97. The van der Waals surface area contributed by atoms with E-state index in [1.807, 2.05) is 12.1 Å². The van der Waals surface area contributed by atoms with Crippen molar-refractivity contribution in [2.45, 2.75) is 39.0 Å². The van der Waals surface area contributed by atoms with Gasteiger partial charge >= 0.3 is 0 Å². The summed E-state index contributed by atoms with van der Waals surface area (Å²) in [6.07, 6.45) is 0.959. The molecule has 1 aromatic carbocycles. The van der Waals surface area contributed by atoms with Gasteiger partial charge in [0.1, 0.15) is 5.75 Å². The van der Waals surface area contributed by atoms with E-state index in [1.165, 1.54) is 11.1 Å². The molecule has 2 nitrogen and oxygen atoms in total. The Morgan fingerprint density at radius 2 is 1.73 bits per heavy atom. The summed E-state index contributed by atoms with van der Waals surface area (Å²) in [6, 6.07) is 5.85. The van der Waals surface area contributed by atoms with Crippen LogP contribution in [0, 0.1) is 0 Å². The van der Waals surface area contributed by atoms with Gasteiger partial charge in [-0.2, -0.15) is 0 Å². The molecule has 0 saturated carbocycles. The highest BCUT2D eigenvalue weighted by Gasteiger charge is 2.09. The molecule has 0 heterocycles. The molecule has 84 valence electrons. The van der Waals surface area contributed by atoms with Gasteiger partial charge in [0.25, 0.3) is 0 Å². The average molecular weight is 207 g/mol. The van der Waals surface area contributed by atoms with Crippen LogP contribution in [-0.4, -0.2) is 11.7 Å². The lowest BCUT2D eigenvalue weighted by Gasteiger charge is -2.14. The third-order valence-corrected chi connectivity index (χ3v) is 2.80. The van der Waals surface area contributed by atoms with Crippen molar-refractivity contribution in [1.29, 1.82) is 0 Å². The van der Waals surface area contributed by atoms with Crippen LogP contribution in [0.15, 0.2) is 18.2 Å². The van der Waals surface area contributed by atoms with Crippen LogP contribution in [0.4, 0.5) is 0 Å². The highest BCUT2D eigenvalue weighted by Crippen LogP contribution is 2.27. The molecule has 1 aromatic rings. The Balaban J connectivity index is 2.98. The first kappa shape index (κ1) is 12.1. The molecule has 0 fully saturated rings. The van der Waals surface area contributed by atoms with Gasteiger partial charge in [-0.25, -0.2) is 0 Å². The maximum atomic E-state index is 9.63. The summed E-state index contributed by atoms with van der Waals surface area (Å²) in [5.41, 5.74) is 7.91. The Hall–Kier alpha value is -1.02. The quantitative estimate of drug-likeness (QED) is 0.797. The summed E-state index contributed by atoms with van der Waals surface area (Å²) in [7, 11) is 0. The van der Waals surface area contributed by atoms with Gasteiger partial charge in [-0.3, -0.25) is 0 Å². The molecule has 0 bridgehead atoms. The molecule has 0 saturated heterocycles. The number of benzene rings is 1. The molecule has 15 heavy (non-hydrogen) atoms. The standard InChI is InChI=1S/C13H21NO/c1-9(2)11-6-12(8-13(15)7-11)10(3)4-5-14/h6-10,15H,4-5,14H2,1-3H3. The number of phenolic OH excluding ortho intramolecular Hbond substituents is 1. The van der Waals surface area contributed by atoms with Crippen LogP contribution in [-0.2, 0) is 0 Å². The molecule has 0 spiro atoms. The van der Waals surface area contributed by atoms with E-state index in [0.717, 1.165) is 6.42 Å².